The van der Waals surface area contributed by atoms with Crippen molar-refractivity contribution in [2.45, 2.75) is 44.9 Å². The van der Waals surface area contributed by atoms with Crippen molar-refractivity contribution in [1.82, 2.24) is 0 Å². The number of benzene rings is 2. The molecule has 0 aliphatic heterocycles. The van der Waals surface area contributed by atoms with Crippen molar-refractivity contribution in [3.8, 4) is 5.75 Å². The van der Waals surface area contributed by atoms with E-state index in [0.717, 1.165) is 24.0 Å². The van der Waals surface area contributed by atoms with Crippen LogP contribution in [0, 0.1) is 0 Å². The molecule has 25 heavy (non-hydrogen) atoms. The molecule has 0 aromatic heterocycles. The lowest BCUT2D eigenvalue weighted by atomic mass is 10.0. The molecule has 5 N–H and O–H groups in total. The molecule has 0 fully saturated rings. The molecule has 0 bridgehead atoms. The van der Waals surface area contributed by atoms with Gasteiger partial charge in [0.2, 0.25) is 0 Å². The average Bonchev–Trinajstić information content (AvgIpc) is 2.55. The fourth-order valence-electron chi connectivity index (χ4n) is 2.58. The zero-order valence-corrected chi connectivity index (χ0v) is 14.7. The van der Waals surface area contributed by atoms with Crippen LogP contribution >= 0.6 is 0 Å². The van der Waals surface area contributed by atoms with E-state index in [-0.39, 0.29) is 12.1 Å². The first-order chi connectivity index (χ1) is 11.8. The summed E-state index contributed by atoms with van der Waals surface area (Å²) >= 11 is 0. The minimum Gasteiger partial charge on any atom is -0.424 e. The Bertz CT molecular complexity index is 679. The van der Waals surface area contributed by atoms with E-state index in [1.54, 1.807) is 24.3 Å². The summed E-state index contributed by atoms with van der Waals surface area (Å²) < 4.78 is 5.25. The number of aliphatic hydroxyl groups excluding tert-OH is 1. The van der Waals surface area contributed by atoms with Gasteiger partial charge in [-0.25, -0.2) is 4.79 Å². The van der Waals surface area contributed by atoms with Crippen LogP contribution in [0.3, 0.4) is 0 Å². The van der Waals surface area contributed by atoms with Crippen molar-refractivity contribution in [2.75, 3.05) is 0 Å². The first kappa shape index (κ1) is 19.1. The SMILES string of the molecule is CC(N)Cc1ccc(OC(=O)C(O)c2ccc(CC(C)N)cc2)cc1. The van der Waals surface area contributed by atoms with E-state index in [9.17, 15) is 9.90 Å². The average molecular weight is 342 g/mol. The lowest BCUT2D eigenvalue weighted by Gasteiger charge is -2.12. The zero-order chi connectivity index (χ0) is 18.4. The molecule has 5 nitrogen and oxygen atoms in total. The van der Waals surface area contributed by atoms with Crippen LogP contribution in [0.1, 0.15) is 36.6 Å². The molecule has 0 saturated heterocycles. The Morgan fingerprint density at radius 3 is 1.80 bits per heavy atom. The smallest absolute Gasteiger partial charge is 0.345 e. The van der Waals surface area contributed by atoms with Crippen molar-refractivity contribution in [2.24, 2.45) is 11.5 Å². The third-order valence-electron chi connectivity index (χ3n) is 3.78. The van der Waals surface area contributed by atoms with Gasteiger partial charge in [0.1, 0.15) is 5.75 Å². The number of aliphatic hydroxyl groups is 1. The van der Waals surface area contributed by atoms with Crippen LogP contribution in [0.5, 0.6) is 5.75 Å². The van der Waals surface area contributed by atoms with Crippen molar-refractivity contribution >= 4 is 5.97 Å². The Hall–Kier alpha value is -2.21. The number of carbonyl (C=O) groups excluding carboxylic acids is 1. The third kappa shape index (κ3) is 5.98. The molecule has 2 aromatic carbocycles. The topological polar surface area (TPSA) is 98.6 Å². The molecule has 0 spiro atoms. The number of ether oxygens (including phenoxy) is 1. The molecule has 0 aliphatic rings. The molecule has 0 saturated carbocycles. The van der Waals surface area contributed by atoms with Crippen LogP contribution in [0.25, 0.3) is 0 Å². The highest BCUT2D eigenvalue weighted by Gasteiger charge is 2.19. The van der Waals surface area contributed by atoms with Crippen LogP contribution in [-0.4, -0.2) is 23.2 Å². The normalized spacial score (nSPS) is 14.6. The second-order valence-corrected chi connectivity index (χ2v) is 6.57. The van der Waals surface area contributed by atoms with Crippen LogP contribution in [0.4, 0.5) is 0 Å². The first-order valence-corrected chi connectivity index (χ1v) is 8.44. The molecular formula is C20H26N2O3. The van der Waals surface area contributed by atoms with Gasteiger partial charge < -0.3 is 21.3 Å². The van der Waals surface area contributed by atoms with E-state index in [1.807, 2.05) is 38.1 Å². The van der Waals surface area contributed by atoms with Crippen LogP contribution < -0.4 is 16.2 Å². The van der Waals surface area contributed by atoms with E-state index in [4.69, 9.17) is 16.2 Å². The Kier molecular flexibility index (Phi) is 6.70. The van der Waals surface area contributed by atoms with E-state index < -0.39 is 12.1 Å². The minimum atomic E-state index is -1.33. The number of carbonyl (C=O) groups is 1. The lowest BCUT2D eigenvalue weighted by Crippen LogP contribution is -2.19. The van der Waals surface area contributed by atoms with Gasteiger partial charge in [-0.1, -0.05) is 36.4 Å². The zero-order valence-electron chi connectivity index (χ0n) is 14.7. The highest BCUT2D eigenvalue weighted by molar-refractivity contribution is 5.78. The summed E-state index contributed by atoms with van der Waals surface area (Å²) in [4.78, 5) is 12.1. The monoisotopic (exact) mass is 342 g/mol. The number of hydrogen-bond acceptors (Lipinski definition) is 5. The molecule has 3 atom stereocenters. The quantitative estimate of drug-likeness (QED) is 0.529. The summed E-state index contributed by atoms with van der Waals surface area (Å²) in [5.41, 5.74) is 14.1. The minimum absolute atomic E-state index is 0.0611. The maximum atomic E-state index is 12.1. The van der Waals surface area contributed by atoms with E-state index in [0.29, 0.717) is 11.3 Å². The van der Waals surface area contributed by atoms with Gasteiger partial charge in [-0.2, -0.15) is 0 Å². The molecule has 134 valence electrons. The Morgan fingerprint density at radius 2 is 1.36 bits per heavy atom. The molecule has 5 heteroatoms. The van der Waals surface area contributed by atoms with Gasteiger partial charge in [0, 0.05) is 12.1 Å². The summed E-state index contributed by atoms with van der Waals surface area (Å²) in [6.07, 6.45) is 0.173. The van der Waals surface area contributed by atoms with Gasteiger partial charge in [-0.15, -0.1) is 0 Å². The predicted octanol–water partition coefficient (Wildman–Crippen LogP) is 2.10. The van der Waals surface area contributed by atoms with E-state index >= 15 is 0 Å². The molecule has 2 rings (SSSR count). The predicted molar refractivity (Wildman–Crippen MR) is 98.2 cm³/mol. The number of rotatable bonds is 7. The van der Waals surface area contributed by atoms with Crippen molar-refractivity contribution in [3.63, 3.8) is 0 Å². The van der Waals surface area contributed by atoms with Gasteiger partial charge in [-0.3, -0.25) is 0 Å². The maximum absolute atomic E-state index is 12.1. The Balaban J connectivity index is 1.97. The lowest BCUT2D eigenvalue weighted by molar-refractivity contribution is -0.144. The summed E-state index contributed by atoms with van der Waals surface area (Å²) in [6.45, 7) is 3.86. The Labute approximate surface area is 148 Å². The second-order valence-electron chi connectivity index (χ2n) is 6.57. The molecular weight excluding hydrogens is 316 g/mol. The van der Waals surface area contributed by atoms with Crippen LogP contribution in [0.15, 0.2) is 48.5 Å². The molecule has 0 heterocycles. The summed E-state index contributed by atoms with van der Waals surface area (Å²) in [5.74, 6) is -0.314. The summed E-state index contributed by atoms with van der Waals surface area (Å²) in [7, 11) is 0. The van der Waals surface area contributed by atoms with Gasteiger partial charge >= 0.3 is 5.97 Å². The summed E-state index contributed by atoms with van der Waals surface area (Å²) in [5, 5.41) is 10.2. The number of nitrogens with two attached hydrogens (primary N) is 2. The molecule has 0 aliphatic carbocycles. The fraction of sp³-hybridized carbons (Fsp3) is 0.350. The first-order valence-electron chi connectivity index (χ1n) is 8.44. The van der Waals surface area contributed by atoms with Crippen LogP contribution in [0.2, 0.25) is 0 Å². The van der Waals surface area contributed by atoms with Gasteiger partial charge in [0.05, 0.1) is 0 Å². The molecule has 0 amide bonds. The largest absolute Gasteiger partial charge is 0.424 e. The van der Waals surface area contributed by atoms with Crippen molar-refractivity contribution in [1.29, 1.82) is 0 Å². The highest BCUT2D eigenvalue weighted by Crippen LogP contribution is 2.19. The van der Waals surface area contributed by atoms with Gasteiger partial charge in [0.15, 0.2) is 6.10 Å². The fourth-order valence-corrected chi connectivity index (χ4v) is 2.58. The Morgan fingerprint density at radius 1 is 0.920 bits per heavy atom. The number of hydrogen-bond donors (Lipinski definition) is 3. The van der Waals surface area contributed by atoms with E-state index in [1.165, 1.54) is 0 Å². The highest BCUT2D eigenvalue weighted by atomic mass is 16.5. The molecule has 2 aromatic rings. The van der Waals surface area contributed by atoms with E-state index in [2.05, 4.69) is 0 Å². The standard InChI is InChI=1S/C20H26N2O3/c1-13(21)11-15-3-7-17(8-4-15)19(23)20(24)25-18-9-5-16(6-10-18)12-14(2)22/h3-10,13-14,19,23H,11-12,21-22H2,1-2H3. The molecule has 0 radical (unpaired) electrons. The number of esters is 1. The summed E-state index contributed by atoms with van der Waals surface area (Å²) in [6, 6.07) is 14.4. The van der Waals surface area contributed by atoms with Crippen molar-refractivity contribution < 1.29 is 14.6 Å². The van der Waals surface area contributed by atoms with Gasteiger partial charge in [-0.05, 0) is 55.5 Å². The molecule has 3 unspecified atom stereocenters. The second kappa shape index (κ2) is 8.76. The van der Waals surface area contributed by atoms with Crippen LogP contribution in [-0.2, 0) is 17.6 Å². The maximum Gasteiger partial charge on any atom is 0.345 e. The third-order valence-corrected chi connectivity index (χ3v) is 3.78. The van der Waals surface area contributed by atoms with Crippen molar-refractivity contribution in [3.05, 3.63) is 65.2 Å². The van der Waals surface area contributed by atoms with Gasteiger partial charge in [0.25, 0.3) is 0 Å².